The molecule has 0 atom stereocenters. The Balaban J connectivity index is 1.26. The Labute approximate surface area is 184 Å². The summed E-state index contributed by atoms with van der Waals surface area (Å²) in [5, 5.41) is 5.72. The fourth-order valence-corrected chi connectivity index (χ4v) is 3.56. The molecule has 2 aromatic carbocycles. The van der Waals surface area contributed by atoms with E-state index in [-0.39, 0.29) is 35.9 Å². The van der Waals surface area contributed by atoms with Gasteiger partial charge >= 0.3 is 0 Å². The molecule has 0 radical (unpaired) electrons. The number of piperazine rings is 1. The number of nitrogens with zero attached hydrogens (tertiary/aromatic N) is 2. The SMILES string of the molecule is O=C(CN1CCN(C(=O)c2ccc(F)c(F)c2)CC1)Nc1cccc(C(=O)NC2CC2)c1. The van der Waals surface area contributed by atoms with Crippen molar-refractivity contribution in [1.29, 1.82) is 0 Å². The van der Waals surface area contributed by atoms with Crippen molar-refractivity contribution in [2.45, 2.75) is 18.9 Å². The van der Waals surface area contributed by atoms with E-state index in [9.17, 15) is 23.2 Å². The van der Waals surface area contributed by atoms with Crippen LogP contribution < -0.4 is 10.6 Å². The van der Waals surface area contributed by atoms with E-state index in [0.29, 0.717) is 37.4 Å². The van der Waals surface area contributed by atoms with E-state index in [1.165, 1.54) is 6.07 Å². The Bertz CT molecular complexity index is 1030. The molecule has 7 nitrogen and oxygen atoms in total. The molecule has 32 heavy (non-hydrogen) atoms. The van der Waals surface area contributed by atoms with E-state index in [1.807, 2.05) is 4.90 Å². The Hall–Kier alpha value is -3.33. The van der Waals surface area contributed by atoms with E-state index < -0.39 is 11.6 Å². The zero-order chi connectivity index (χ0) is 22.7. The molecular weight excluding hydrogens is 418 g/mol. The minimum atomic E-state index is -1.06. The van der Waals surface area contributed by atoms with E-state index >= 15 is 0 Å². The van der Waals surface area contributed by atoms with Crippen molar-refractivity contribution in [3.05, 3.63) is 65.2 Å². The number of anilines is 1. The van der Waals surface area contributed by atoms with Crippen LogP contribution in [0.4, 0.5) is 14.5 Å². The first-order valence-corrected chi connectivity index (χ1v) is 10.6. The lowest BCUT2D eigenvalue weighted by Gasteiger charge is -2.34. The topological polar surface area (TPSA) is 81.8 Å². The molecule has 1 saturated heterocycles. The molecule has 2 aliphatic rings. The fraction of sp³-hybridized carbons (Fsp3) is 0.348. The lowest BCUT2D eigenvalue weighted by molar-refractivity contribution is -0.117. The van der Waals surface area contributed by atoms with Gasteiger partial charge in [0, 0.05) is 49.0 Å². The molecule has 1 heterocycles. The number of nitrogens with one attached hydrogen (secondary N) is 2. The first-order valence-electron chi connectivity index (χ1n) is 10.6. The largest absolute Gasteiger partial charge is 0.349 e. The Morgan fingerprint density at radius 3 is 2.34 bits per heavy atom. The van der Waals surface area contributed by atoms with Gasteiger partial charge in [-0.1, -0.05) is 6.07 Å². The minimum Gasteiger partial charge on any atom is -0.349 e. The van der Waals surface area contributed by atoms with Gasteiger partial charge in [-0.25, -0.2) is 8.78 Å². The molecule has 1 saturated carbocycles. The fourth-order valence-electron chi connectivity index (χ4n) is 3.56. The lowest BCUT2D eigenvalue weighted by Crippen LogP contribution is -2.50. The molecule has 1 aliphatic heterocycles. The van der Waals surface area contributed by atoms with Crippen LogP contribution in [-0.4, -0.2) is 66.3 Å². The van der Waals surface area contributed by atoms with E-state index in [1.54, 1.807) is 29.2 Å². The van der Waals surface area contributed by atoms with Gasteiger partial charge in [-0.2, -0.15) is 0 Å². The predicted molar refractivity (Wildman–Crippen MR) is 114 cm³/mol. The van der Waals surface area contributed by atoms with Gasteiger partial charge in [0.25, 0.3) is 11.8 Å². The first kappa shape index (κ1) is 21.9. The summed E-state index contributed by atoms with van der Waals surface area (Å²) >= 11 is 0. The maximum atomic E-state index is 13.4. The molecule has 0 spiro atoms. The highest BCUT2D eigenvalue weighted by atomic mass is 19.2. The zero-order valence-electron chi connectivity index (χ0n) is 17.4. The van der Waals surface area contributed by atoms with Crippen LogP contribution in [0.3, 0.4) is 0 Å². The maximum Gasteiger partial charge on any atom is 0.254 e. The highest BCUT2D eigenvalue weighted by Gasteiger charge is 2.25. The van der Waals surface area contributed by atoms with Crippen LogP contribution in [0.2, 0.25) is 0 Å². The molecule has 2 N–H and O–H groups in total. The summed E-state index contributed by atoms with van der Waals surface area (Å²) in [6, 6.07) is 10.2. The van der Waals surface area contributed by atoms with Gasteiger partial charge in [-0.05, 0) is 49.2 Å². The van der Waals surface area contributed by atoms with Gasteiger partial charge < -0.3 is 15.5 Å². The summed E-state index contributed by atoms with van der Waals surface area (Å²) in [5.74, 6) is -2.78. The second kappa shape index (κ2) is 9.44. The van der Waals surface area contributed by atoms with Gasteiger partial charge in [-0.3, -0.25) is 19.3 Å². The van der Waals surface area contributed by atoms with Crippen molar-refractivity contribution in [3.8, 4) is 0 Å². The average molecular weight is 442 g/mol. The number of benzene rings is 2. The van der Waals surface area contributed by atoms with Gasteiger partial charge in [0.05, 0.1) is 6.54 Å². The maximum absolute atomic E-state index is 13.4. The van der Waals surface area contributed by atoms with Gasteiger partial charge in [0.2, 0.25) is 5.91 Å². The third-order valence-electron chi connectivity index (χ3n) is 5.51. The summed E-state index contributed by atoms with van der Waals surface area (Å²) in [6.07, 6.45) is 2.00. The zero-order valence-corrected chi connectivity index (χ0v) is 17.4. The molecule has 9 heteroatoms. The Kier molecular flexibility index (Phi) is 6.45. The highest BCUT2D eigenvalue weighted by Crippen LogP contribution is 2.20. The number of hydrogen-bond acceptors (Lipinski definition) is 4. The second-order valence-corrected chi connectivity index (χ2v) is 8.07. The summed E-state index contributed by atoms with van der Waals surface area (Å²) in [5.41, 5.74) is 1.14. The summed E-state index contributed by atoms with van der Waals surface area (Å²) in [6.45, 7) is 1.86. The summed E-state index contributed by atoms with van der Waals surface area (Å²) < 4.78 is 26.5. The third-order valence-corrected chi connectivity index (χ3v) is 5.51. The van der Waals surface area contributed by atoms with E-state index in [0.717, 1.165) is 25.0 Å². The van der Waals surface area contributed by atoms with Crippen molar-refractivity contribution in [1.82, 2.24) is 15.1 Å². The number of hydrogen-bond donors (Lipinski definition) is 2. The van der Waals surface area contributed by atoms with Crippen LogP contribution in [0.25, 0.3) is 0 Å². The van der Waals surface area contributed by atoms with Crippen molar-refractivity contribution >= 4 is 23.4 Å². The quantitative estimate of drug-likeness (QED) is 0.719. The van der Waals surface area contributed by atoms with Crippen LogP contribution in [0.5, 0.6) is 0 Å². The molecule has 0 aromatic heterocycles. The number of carbonyl (C=O) groups is 3. The van der Waals surface area contributed by atoms with Crippen molar-refractivity contribution < 1.29 is 23.2 Å². The van der Waals surface area contributed by atoms with Crippen molar-refractivity contribution in [2.75, 3.05) is 38.0 Å². The van der Waals surface area contributed by atoms with Crippen LogP contribution in [0.15, 0.2) is 42.5 Å². The molecule has 2 fully saturated rings. The van der Waals surface area contributed by atoms with Crippen molar-refractivity contribution in [2.24, 2.45) is 0 Å². The Morgan fingerprint density at radius 2 is 1.66 bits per heavy atom. The third kappa shape index (κ3) is 5.47. The van der Waals surface area contributed by atoms with Crippen LogP contribution >= 0.6 is 0 Å². The van der Waals surface area contributed by atoms with Crippen LogP contribution in [-0.2, 0) is 4.79 Å². The molecule has 3 amide bonds. The first-order chi connectivity index (χ1) is 15.4. The van der Waals surface area contributed by atoms with E-state index in [4.69, 9.17) is 0 Å². The minimum absolute atomic E-state index is 0.0979. The van der Waals surface area contributed by atoms with Gasteiger partial charge in [0.1, 0.15) is 0 Å². The second-order valence-electron chi connectivity index (χ2n) is 8.07. The van der Waals surface area contributed by atoms with E-state index in [2.05, 4.69) is 10.6 Å². The standard InChI is InChI=1S/C23H24F2N4O3/c24-19-7-4-16(13-20(19)25)23(32)29-10-8-28(9-11-29)14-21(30)26-18-3-1-2-15(12-18)22(31)27-17-5-6-17/h1-4,7,12-13,17H,5-6,8-11,14H2,(H,26,30)(H,27,31). The highest BCUT2D eigenvalue weighted by molar-refractivity contribution is 5.98. The molecule has 4 rings (SSSR count). The smallest absolute Gasteiger partial charge is 0.254 e. The van der Waals surface area contributed by atoms with Crippen LogP contribution in [0, 0.1) is 11.6 Å². The average Bonchev–Trinajstić information content (AvgIpc) is 3.60. The van der Waals surface area contributed by atoms with Crippen LogP contribution in [0.1, 0.15) is 33.6 Å². The lowest BCUT2D eigenvalue weighted by atomic mass is 10.1. The Morgan fingerprint density at radius 1 is 0.906 bits per heavy atom. The molecule has 1 aliphatic carbocycles. The van der Waals surface area contributed by atoms with Crippen molar-refractivity contribution in [3.63, 3.8) is 0 Å². The summed E-state index contributed by atoms with van der Waals surface area (Å²) in [4.78, 5) is 40.6. The molecular formula is C23H24F2N4O3. The number of amides is 3. The van der Waals surface area contributed by atoms with Gasteiger partial charge in [0.15, 0.2) is 11.6 Å². The molecule has 0 bridgehead atoms. The van der Waals surface area contributed by atoms with Gasteiger partial charge in [-0.15, -0.1) is 0 Å². The predicted octanol–water partition coefficient (Wildman–Crippen LogP) is 2.25. The molecule has 2 aromatic rings. The number of rotatable bonds is 6. The monoisotopic (exact) mass is 442 g/mol. The number of carbonyl (C=O) groups excluding carboxylic acids is 3. The summed E-state index contributed by atoms with van der Waals surface area (Å²) in [7, 11) is 0. The normalized spacial score (nSPS) is 16.5. The molecule has 0 unspecified atom stereocenters. The molecule has 168 valence electrons. The number of halogens is 2.